The SMILES string of the molecule is CN(C[C@@H]1Cc2c(cccc2N2C[C@H]3CC[C@@H]2C3)CN1)[C@H]1CCCc2cccnc21. The first-order valence-electron chi connectivity index (χ1n) is 12.0. The van der Waals surface area contributed by atoms with Crippen molar-refractivity contribution in [2.75, 3.05) is 25.0 Å². The van der Waals surface area contributed by atoms with Gasteiger partial charge >= 0.3 is 0 Å². The Morgan fingerprint density at radius 1 is 1.13 bits per heavy atom. The minimum absolute atomic E-state index is 0.461. The Labute approximate surface area is 180 Å². The molecule has 1 aromatic heterocycles. The number of nitrogens with one attached hydrogen (secondary N) is 1. The lowest BCUT2D eigenvalue weighted by atomic mass is 9.89. The molecule has 0 spiro atoms. The Morgan fingerprint density at radius 2 is 2.07 bits per heavy atom. The van der Waals surface area contributed by atoms with Crippen molar-refractivity contribution < 1.29 is 0 Å². The molecule has 1 saturated carbocycles. The molecule has 30 heavy (non-hydrogen) atoms. The van der Waals surface area contributed by atoms with Gasteiger partial charge in [-0.2, -0.15) is 0 Å². The first kappa shape index (κ1) is 18.8. The van der Waals surface area contributed by atoms with E-state index in [0.29, 0.717) is 12.1 Å². The van der Waals surface area contributed by atoms with Crippen molar-refractivity contribution in [3.63, 3.8) is 0 Å². The van der Waals surface area contributed by atoms with Crippen LogP contribution in [0.3, 0.4) is 0 Å². The summed E-state index contributed by atoms with van der Waals surface area (Å²) in [5.41, 5.74) is 7.44. The van der Waals surface area contributed by atoms with Gasteiger partial charge in [0.15, 0.2) is 0 Å². The van der Waals surface area contributed by atoms with Crippen molar-refractivity contribution in [1.29, 1.82) is 0 Å². The second kappa shape index (κ2) is 7.65. The molecule has 2 bridgehead atoms. The number of fused-ring (bicyclic) bond motifs is 4. The molecule has 4 heteroatoms. The summed E-state index contributed by atoms with van der Waals surface area (Å²) in [5, 5.41) is 3.84. The monoisotopic (exact) mass is 402 g/mol. The molecule has 2 aromatic rings. The maximum Gasteiger partial charge on any atom is 0.0607 e. The van der Waals surface area contributed by atoms with E-state index in [1.807, 2.05) is 6.20 Å². The van der Waals surface area contributed by atoms with E-state index in [1.54, 1.807) is 11.3 Å². The highest BCUT2D eigenvalue weighted by Gasteiger charge is 2.39. The average molecular weight is 403 g/mol. The number of hydrogen-bond acceptors (Lipinski definition) is 4. The summed E-state index contributed by atoms with van der Waals surface area (Å²) in [6.45, 7) is 3.37. The molecular weight excluding hydrogens is 368 g/mol. The molecule has 158 valence electrons. The molecule has 4 atom stereocenters. The van der Waals surface area contributed by atoms with Crippen molar-refractivity contribution in [1.82, 2.24) is 15.2 Å². The maximum absolute atomic E-state index is 4.77. The summed E-state index contributed by atoms with van der Waals surface area (Å²) >= 11 is 0. The van der Waals surface area contributed by atoms with Gasteiger partial charge in [-0.3, -0.25) is 9.88 Å². The summed E-state index contributed by atoms with van der Waals surface area (Å²) in [4.78, 5) is 10.1. The number of likely N-dealkylation sites (N-methyl/N-ethyl adjacent to an activating group) is 1. The van der Waals surface area contributed by atoms with Crippen molar-refractivity contribution in [2.45, 2.75) is 69.6 Å². The van der Waals surface area contributed by atoms with Gasteiger partial charge in [0, 0.05) is 43.6 Å². The molecule has 0 unspecified atom stereocenters. The first-order valence-corrected chi connectivity index (χ1v) is 12.0. The third-order valence-corrected chi connectivity index (χ3v) is 8.20. The average Bonchev–Trinajstić information content (AvgIpc) is 3.42. The van der Waals surface area contributed by atoms with E-state index in [9.17, 15) is 0 Å². The van der Waals surface area contributed by atoms with E-state index in [0.717, 1.165) is 31.5 Å². The van der Waals surface area contributed by atoms with Crippen molar-refractivity contribution in [2.24, 2.45) is 5.92 Å². The van der Waals surface area contributed by atoms with Gasteiger partial charge in [0.05, 0.1) is 11.7 Å². The summed E-state index contributed by atoms with van der Waals surface area (Å²) in [7, 11) is 2.30. The lowest BCUT2D eigenvalue weighted by molar-refractivity contribution is 0.191. The summed E-state index contributed by atoms with van der Waals surface area (Å²) < 4.78 is 0. The zero-order chi connectivity index (χ0) is 20.1. The lowest BCUT2D eigenvalue weighted by Gasteiger charge is -2.38. The molecule has 1 saturated heterocycles. The standard InChI is InChI=1S/C26H34N4/c1-29(25-9-2-5-19-7-4-12-27-26(19)25)17-21-14-23-20(15-28-21)6-3-8-24(23)30-16-18-10-11-22(30)13-18/h3-4,6-8,12,18,21-22,25,28H,2,5,9-11,13-17H2,1H3/t18-,21-,22+,25-/m0/s1. The number of benzene rings is 1. The molecule has 2 aliphatic heterocycles. The van der Waals surface area contributed by atoms with Gasteiger partial charge in [0.2, 0.25) is 0 Å². The fraction of sp³-hybridized carbons (Fsp3) is 0.577. The number of anilines is 1. The van der Waals surface area contributed by atoms with Crippen LogP contribution in [0, 0.1) is 5.92 Å². The van der Waals surface area contributed by atoms with Crippen LogP contribution in [-0.2, 0) is 19.4 Å². The fourth-order valence-electron chi connectivity index (χ4n) is 6.70. The van der Waals surface area contributed by atoms with Crippen LogP contribution in [0.25, 0.3) is 0 Å². The van der Waals surface area contributed by atoms with Crippen LogP contribution in [0.5, 0.6) is 0 Å². The van der Waals surface area contributed by atoms with E-state index in [1.165, 1.54) is 61.9 Å². The maximum atomic E-state index is 4.77. The summed E-state index contributed by atoms with van der Waals surface area (Å²) in [6.07, 6.45) is 11.1. The van der Waals surface area contributed by atoms with Gasteiger partial charge in [0.1, 0.15) is 0 Å². The van der Waals surface area contributed by atoms with Crippen LogP contribution in [0.15, 0.2) is 36.5 Å². The summed E-state index contributed by atoms with van der Waals surface area (Å²) in [6, 6.07) is 13.1. The fourth-order valence-corrected chi connectivity index (χ4v) is 6.70. The molecule has 0 amide bonds. The highest BCUT2D eigenvalue weighted by Crippen LogP contribution is 2.42. The van der Waals surface area contributed by atoms with Crippen LogP contribution < -0.4 is 10.2 Å². The van der Waals surface area contributed by atoms with Crippen LogP contribution in [-0.4, -0.2) is 42.1 Å². The Morgan fingerprint density at radius 3 is 2.93 bits per heavy atom. The number of rotatable bonds is 4. The molecule has 6 rings (SSSR count). The highest BCUT2D eigenvalue weighted by molar-refractivity contribution is 5.59. The number of pyridine rings is 1. The van der Waals surface area contributed by atoms with Gasteiger partial charge in [0.25, 0.3) is 0 Å². The summed E-state index contributed by atoms with van der Waals surface area (Å²) in [5.74, 6) is 0.938. The number of nitrogens with zero attached hydrogens (tertiary/aromatic N) is 3. The van der Waals surface area contributed by atoms with Gasteiger partial charge in [-0.05, 0) is 86.7 Å². The zero-order valence-electron chi connectivity index (χ0n) is 18.2. The van der Waals surface area contributed by atoms with Gasteiger partial charge in [-0.1, -0.05) is 18.2 Å². The molecule has 3 heterocycles. The Balaban J connectivity index is 1.20. The van der Waals surface area contributed by atoms with E-state index >= 15 is 0 Å². The normalized spacial score (nSPS) is 29.9. The third kappa shape index (κ3) is 3.25. The topological polar surface area (TPSA) is 31.4 Å². The highest BCUT2D eigenvalue weighted by atomic mass is 15.2. The second-order valence-corrected chi connectivity index (χ2v) is 10.1. The minimum Gasteiger partial charge on any atom is -0.368 e. The predicted octanol–water partition coefficient (Wildman–Crippen LogP) is 4.09. The van der Waals surface area contributed by atoms with Gasteiger partial charge < -0.3 is 10.2 Å². The molecule has 1 aromatic carbocycles. The van der Waals surface area contributed by atoms with Gasteiger partial charge in [-0.25, -0.2) is 0 Å². The molecule has 4 nitrogen and oxygen atoms in total. The molecule has 4 aliphatic rings. The molecule has 1 N–H and O–H groups in total. The molecule has 2 aliphatic carbocycles. The van der Waals surface area contributed by atoms with Crippen LogP contribution in [0.2, 0.25) is 0 Å². The van der Waals surface area contributed by atoms with E-state index in [4.69, 9.17) is 4.98 Å². The molecule has 2 fully saturated rings. The van der Waals surface area contributed by atoms with Crippen molar-refractivity contribution in [3.05, 3.63) is 58.9 Å². The Bertz CT molecular complexity index is 925. The largest absolute Gasteiger partial charge is 0.368 e. The van der Waals surface area contributed by atoms with Crippen molar-refractivity contribution >= 4 is 5.69 Å². The van der Waals surface area contributed by atoms with Crippen LogP contribution >= 0.6 is 0 Å². The Hall–Kier alpha value is -1.91. The quantitative estimate of drug-likeness (QED) is 0.835. The first-order chi connectivity index (χ1) is 14.8. The molecule has 0 radical (unpaired) electrons. The van der Waals surface area contributed by atoms with Crippen molar-refractivity contribution in [3.8, 4) is 0 Å². The Kier molecular flexibility index (Phi) is 4.80. The van der Waals surface area contributed by atoms with Gasteiger partial charge in [-0.15, -0.1) is 0 Å². The van der Waals surface area contributed by atoms with Crippen LogP contribution in [0.1, 0.15) is 60.5 Å². The van der Waals surface area contributed by atoms with E-state index in [-0.39, 0.29) is 0 Å². The predicted molar refractivity (Wildman–Crippen MR) is 122 cm³/mol. The van der Waals surface area contributed by atoms with E-state index < -0.39 is 0 Å². The minimum atomic E-state index is 0.461. The number of aryl methyl sites for hydroxylation is 1. The lowest BCUT2D eigenvalue weighted by Crippen LogP contribution is -2.45. The smallest absolute Gasteiger partial charge is 0.0607 e. The second-order valence-electron chi connectivity index (χ2n) is 10.1. The number of piperidine rings is 1. The number of aromatic nitrogens is 1. The number of hydrogen-bond donors (Lipinski definition) is 1. The zero-order valence-corrected chi connectivity index (χ0v) is 18.2. The van der Waals surface area contributed by atoms with Crippen LogP contribution in [0.4, 0.5) is 5.69 Å². The third-order valence-electron chi connectivity index (χ3n) is 8.20. The van der Waals surface area contributed by atoms with E-state index in [2.05, 4.69) is 52.5 Å². The molecular formula is C26H34N4.